The van der Waals surface area contributed by atoms with Crippen LogP contribution in [0.2, 0.25) is 5.02 Å². The summed E-state index contributed by atoms with van der Waals surface area (Å²) in [6.45, 7) is 6.97. The van der Waals surface area contributed by atoms with Crippen LogP contribution in [0.3, 0.4) is 0 Å². The molecule has 0 saturated heterocycles. The maximum absolute atomic E-state index is 5.83. The molecule has 6 heteroatoms. The van der Waals surface area contributed by atoms with Crippen LogP contribution in [-0.2, 0) is 6.54 Å². The molecule has 0 aliphatic rings. The van der Waals surface area contributed by atoms with E-state index >= 15 is 0 Å². The number of hydrogen-bond acceptors (Lipinski definition) is 5. The molecule has 106 valence electrons. The van der Waals surface area contributed by atoms with Crippen LogP contribution in [0, 0.1) is 0 Å². The first-order chi connectivity index (χ1) is 9.42. The summed E-state index contributed by atoms with van der Waals surface area (Å²) in [5, 5.41) is 12.0. The number of ether oxygens (including phenoxy) is 1. The summed E-state index contributed by atoms with van der Waals surface area (Å²) < 4.78 is 5.52. The Morgan fingerprint density at radius 3 is 2.60 bits per heavy atom. The molecule has 2 heterocycles. The van der Waals surface area contributed by atoms with Gasteiger partial charge in [0.25, 0.3) is 0 Å². The summed E-state index contributed by atoms with van der Waals surface area (Å²) in [6.07, 6.45) is 3.12. The molecule has 1 N–H and O–H groups in total. The number of nitrogens with one attached hydrogen (secondary N) is 1. The van der Waals surface area contributed by atoms with Crippen LogP contribution >= 0.6 is 11.6 Å². The van der Waals surface area contributed by atoms with E-state index < -0.39 is 0 Å². The van der Waals surface area contributed by atoms with Crippen molar-refractivity contribution < 1.29 is 4.74 Å². The van der Waals surface area contributed by atoms with Gasteiger partial charge in [-0.3, -0.25) is 4.98 Å². The third kappa shape index (κ3) is 4.75. The molecule has 0 saturated carbocycles. The lowest BCUT2D eigenvalue weighted by atomic mass is 10.1. The molecule has 0 radical (unpaired) electrons. The van der Waals surface area contributed by atoms with Crippen molar-refractivity contribution in [2.24, 2.45) is 0 Å². The van der Waals surface area contributed by atoms with Gasteiger partial charge in [-0.1, -0.05) is 11.6 Å². The second kappa shape index (κ2) is 6.15. The Bertz CT molecular complexity index is 566. The van der Waals surface area contributed by atoms with E-state index in [0.717, 1.165) is 5.69 Å². The van der Waals surface area contributed by atoms with Crippen molar-refractivity contribution in [3.8, 4) is 11.6 Å². The van der Waals surface area contributed by atoms with Crippen molar-refractivity contribution in [3.63, 3.8) is 0 Å². The van der Waals surface area contributed by atoms with Crippen molar-refractivity contribution >= 4 is 11.6 Å². The van der Waals surface area contributed by atoms with Gasteiger partial charge in [-0.2, -0.15) is 5.10 Å². The van der Waals surface area contributed by atoms with Crippen molar-refractivity contribution in [1.82, 2.24) is 20.5 Å². The molecule has 0 fully saturated rings. The largest absolute Gasteiger partial charge is 0.436 e. The molecule has 0 aliphatic carbocycles. The average molecular weight is 293 g/mol. The van der Waals surface area contributed by atoms with Gasteiger partial charge in [0.2, 0.25) is 5.88 Å². The monoisotopic (exact) mass is 292 g/mol. The van der Waals surface area contributed by atoms with E-state index in [-0.39, 0.29) is 5.54 Å². The SMILES string of the molecule is CC(C)(C)NCc1ccc(Oc2cncc(Cl)c2)nn1. The first kappa shape index (κ1) is 14.7. The number of hydrogen-bond donors (Lipinski definition) is 1. The van der Waals surface area contributed by atoms with Crippen LogP contribution in [0.15, 0.2) is 30.6 Å². The van der Waals surface area contributed by atoms with E-state index in [1.807, 2.05) is 6.07 Å². The van der Waals surface area contributed by atoms with Crippen LogP contribution < -0.4 is 10.1 Å². The van der Waals surface area contributed by atoms with Gasteiger partial charge < -0.3 is 10.1 Å². The zero-order valence-electron chi connectivity index (χ0n) is 11.7. The van der Waals surface area contributed by atoms with Gasteiger partial charge in [0.05, 0.1) is 16.9 Å². The van der Waals surface area contributed by atoms with Crippen molar-refractivity contribution in [2.75, 3.05) is 0 Å². The third-order valence-electron chi connectivity index (χ3n) is 2.40. The highest BCUT2D eigenvalue weighted by atomic mass is 35.5. The number of halogens is 1. The van der Waals surface area contributed by atoms with E-state index in [0.29, 0.717) is 23.2 Å². The minimum atomic E-state index is 0.0449. The first-order valence-electron chi connectivity index (χ1n) is 6.28. The molecule has 2 aromatic rings. The fourth-order valence-electron chi connectivity index (χ4n) is 1.42. The predicted molar refractivity (Wildman–Crippen MR) is 77.9 cm³/mol. The normalized spacial score (nSPS) is 11.4. The second-order valence-corrected chi connectivity index (χ2v) is 5.84. The zero-order valence-corrected chi connectivity index (χ0v) is 12.5. The van der Waals surface area contributed by atoms with E-state index in [1.165, 1.54) is 0 Å². The standard InChI is InChI=1S/C14H17ClN4O/c1-14(2,3)17-8-11-4-5-13(19-18-11)20-12-6-10(15)7-16-9-12/h4-7,9,17H,8H2,1-3H3. The van der Waals surface area contributed by atoms with Crippen molar-refractivity contribution in [3.05, 3.63) is 41.3 Å². The van der Waals surface area contributed by atoms with Gasteiger partial charge in [0, 0.05) is 30.4 Å². The molecule has 0 aromatic carbocycles. The van der Waals surface area contributed by atoms with Crippen LogP contribution in [-0.4, -0.2) is 20.7 Å². The molecule has 0 atom stereocenters. The summed E-state index contributed by atoms with van der Waals surface area (Å²) in [4.78, 5) is 3.94. The lowest BCUT2D eigenvalue weighted by Gasteiger charge is -2.19. The lowest BCUT2D eigenvalue weighted by Crippen LogP contribution is -2.35. The Hall–Kier alpha value is -1.72. The van der Waals surface area contributed by atoms with E-state index in [1.54, 1.807) is 24.5 Å². The fourth-order valence-corrected chi connectivity index (χ4v) is 1.58. The Morgan fingerprint density at radius 2 is 2.00 bits per heavy atom. The molecule has 0 aliphatic heterocycles. The Kier molecular flexibility index (Phi) is 4.52. The number of nitrogens with zero attached hydrogens (tertiary/aromatic N) is 3. The molecule has 0 amide bonds. The molecule has 5 nitrogen and oxygen atoms in total. The maximum Gasteiger partial charge on any atom is 0.238 e. The summed E-state index contributed by atoms with van der Waals surface area (Å²) in [6, 6.07) is 5.32. The summed E-state index contributed by atoms with van der Waals surface area (Å²) >= 11 is 5.83. The third-order valence-corrected chi connectivity index (χ3v) is 2.60. The quantitative estimate of drug-likeness (QED) is 0.937. The van der Waals surface area contributed by atoms with Gasteiger partial charge in [-0.15, -0.1) is 5.10 Å². The Morgan fingerprint density at radius 1 is 1.20 bits per heavy atom. The Labute approximate surface area is 123 Å². The van der Waals surface area contributed by atoms with E-state index in [4.69, 9.17) is 16.3 Å². The predicted octanol–water partition coefficient (Wildman–Crippen LogP) is 3.21. The van der Waals surface area contributed by atoms with Crippen LogP contribution in [0.25, 0.3) is 0 Å². The maximum atomic E-state index is 5.83. The molecule has 0 unspecified atom stereocenters. The summed E-state index contributed by atoms with van der Waals surface area (Å²) in [5.41, 5.74) is 0.903. The number of aromatic nitrogens is 3. The molecular weight excluding hydrogens is 276 g/mol. The smallest absolute Gasteiger partial charge is 0.238 e. The first-order valence-corrected chi connectivity index (χ1v) is 6.66. The van der Waals surface area contributed by atoms with Gasteiger partial charge in [-0.25, -0.2) is 0 Å². The van der Waals surface area contributed by atoms with E-state index in [9.17, 15) is 0 Å². The zero-order chi connectivity index (χ0) is 14.6. The summed E-state index contributed by atoms with van der Waals surface area (Å²) in [5.74, 6) is 0.945. The topological polar surface area (TPSA) is 59.9 Å². The van der Waals surface area contributed by atoms with Crippen LogP contribution in [0.4, 0.5) is 0 Å². The Balaban J connectivity index is 1.98. The average Bonchev–Trinajstić information content (AvgIpc) is 2.37. The summed E-state index contributed by atoms with van der Waals surface area (Å²) in [7, 11) is 0. The number of pyridine rings is 1. The van der Waals surface area contributed by atoms with Gasteiger partial charge in [0.1, 0.15) is 5.75 Å². The van der Waals surface area contributed by atoms with E-state index in [2.05, 4.69) is 41.3 Å². The number of rotatable bonds is 4. The van der Waals surface area contributed by atoms with Crippen LogP contribution in [0.5, 0.6) is 11.6 Å². The van der Waals surface area contributed by atoms with Crippen LogP contribution in [0.1, 0.15) is 26.5 Å². The highest BCUT2D eigenvalue weighted by Crippen LogP contribution is 2.20. The molecule has 20 heavy (non-hydrogen) atoms. The minimum Gasteiger partial charge on any atom is -0.436 e. The highest BCUT2D eigenvalue weighted by Gasteiger charge is 2.09. The van der Waals surface area contributed by atoms with Crippen molar-refractivity contribution in [2.45, 2.75) is 32.9 Å². The molecule has 0 spiro atoms. The van der Waals surface area contributed by atoms with Gasteiger partial charge in [0.15, 0.2) is 0 Å². The lowest BCUT2D eigenvalue weighted by molar-refractivity contribution is 0.416. The minimum absolute atomic E-state index is 0.0449. The van der Waals surface area contributed by atoms with Gasteiger partial charge >= 0.3 is 0 Å². The second-order valence-electron chi connectivity index (χ2n) is 5.41. The van der Waals surface area contributed by atoms with Crippen molar-refractivity contribution in [1.29, 1.82) is 0 Å². The molecule has 0 bridgehead atoms. The molecule has 2 aromatic heterocycles. The van der Waals surface area contributed by atoms with Gasteiger partial charge in [-0.05, 0) is 26.8 Å². The molecule has 2 rings (SSSR count). The highest BCUT2D eigenvalue weighted by molar-refractivity contribution is 6.30. The fraction of sp³-hybridized carbons (Fsp3) is 0.357. The molecular formula is C14H17ClN4O.